The van der Waals surface area contributed by atoms with Gasteiger partial charge in [-0.1, -0.05) is 30.3 Å². The van der Waals surface area contributed by atoms with Gasteiger partial charge < -0.3 is 35.1 Å². The van der Waals surface area contributed by atoms with E-state index < -0.39 is 5.82 Å². The van der Waals surface area contributed by atoms with Gasteiger partial charge in [-0.15, -0.1) is 12.4 Å². The highest BCUT2D eigenvalue weighted by Gasteiger charge is 2.34. The number of nitrogens with two attached hydrogens (primary N) is 1. The lowest BCUT2D eigenvalue weighted by Gasteiger charge is -2.42. The van der Waals surface area contributed by atoms with Crippen molar-refractivity contribution in [1.82, 2.24) is 20.2 Å². The molecule has 38 heavy (non-hydrogen) atoms. The minimum atomic E-state index is -0.668. The number of anilines is 2. The van der Waals surface area contributed by atoms with Crippen LogP contribution in [0.2, 0.25) is 0 Å². The molecule has 1 aromatic heterocycles. The molecule has 3 N–H and O–H groups in total. The zero-order valence-electron chi connectivity index (χ0n) is 21.4. The van der Waals surface area contributed by atoms with Crippen molar-refractivity contribution in [2.75, 3.05) is 64.2 Å². The summed E-state index contributed by atoms with van der Waals surface area (Å²) >= 11 is 0. The van der Waals surface area contributed by atoms with E-state index in [1.54, 1.807) is 6.07 Å². The van der Waals surface area contributed by atoms with Crippen LogP contribution in [0.5, 0.6) is 11.5 Å². The van der Waals surface area contributed by atoms with Gasteiger partial charge in [0.1, 0.15) is 11.3 Å². The minimum absolute atomic E-state index is 0. The molecule has 2 atom stereocenters. The number of halogens is 2. The Morgan fingerprint density at radius 1 is 1.21 bits per heavy atom. The number of aromatic nitrogens is 2. The normalized spacial score (nSPS) is 19.7. The maximum atomic E-state index is 15.4. The Bertz CT molecular complexity index is 1280. The average Bonchev–Trinajstić information content (AvgIpc) is 2.94. The van der Waals surface area contributed by atoms with Gasteiger partial charge in [0, 0.05) is 38.1 Å². The number of ether oxygens (including phenoxy) is 3. The number of nitrogens with one attached hydrogen (secondary N) is 1. The number of benzene rings is 2. The van der Waals surface area contributed by atoms with Crippen molar-refractivity contribution in [3.05, 3.63) is 47.8 Å². The summed E-state index contributed by atoms with van der Waals surface area (Å²) in [6.07, 6.45) is 0.189. The number of nitrogen functional groups attached to an aromatic ring is 1. The fraction of sp³-hybridized carbons (Fsp3) is 0.423. The molecule has 3 heterocycles. The first-order valence-corrected chi connectivity index (χ1v) is 12.3. The molecule has 0 radical (unpaired) electrons. The lowest BCUT2D eigenvalue weighted by atomic mass is 10.0. The molecule has 1 amide bonds. The second kappa shape index (κ2) is 12.0. The molecule has 2 aliphatic heterocycles. The van der Waals surface area contributed by atoms with Gasteiger partial charge in [0.25, 0.3) is 0 Å². The lowest BCUT2D eigenvalue weighted by molar-refractivity contribution is -0.135. The summed E-state index contributed by atoms with van der Waals surface area (Å²) < 4.78 is 31.6. The van der Waals surface area contributed by atoms with Gasteiger partial charge in [0.05, 0.1) is 39.4 Å². The van der Waals surface area contributed by atoms with Crippen LogP contribution in [-0.4, -0.2) is 80.4 Å². The summed E-state index contributed by atoms with van der Waals surface area (Å²) in [5, 5.41) is 3.60. The highest BCUT2D eigenvalue weighted by Crippen LogP contribution is 2.38. The Balaban J connectivity index is 0.00000336. The van der Waals surface area contributed by atoms with Gasteiger partial charge in [-0.25, -0.2) is 9.37 Å². The third-order valence-electron chi connectivity index (χ3n) is 6.87. The number of piperazine rings is 1. The first-order chi connectivity index (χ1) is 18.0. The number of methoxy groups -OCH3 is 2. The number of hydrogen-bond acceptors (Lipinski definition) is 9. The van der Waals surface area contributed by atoms with E-state index in [1.807, 2.05) is 40.1 Å². The maximum Gasteiger partial charge on any atom is 0.228 e. The fourth-order valence-corrected chi connectivity index (χ4v) is 4.95. The van der Waals surface area contributed by atoms with E-state index in [0.717, 1.165) is 12.1 Å². The third-order valence-corrected chi connectivity index (χ3v) is 6.87. The molecule has 2 aromatic carbocycles. The molecule has 2 saturated heterocycles. The van der Waals surface area contributed by atoms with E-state index in [9.17, 15) is 4.79 Å². The van der Waals surface area contributed by atoms with Crippen molar-refractivity contribution in [3.63, 3.8) is 0 Å². The number of rotatable bonds is 6. The molecule has 0 bridgehead atoms. The lowest BCUT2D eigenvalue weighted by Crippen LogP contribution is -2.52. The molecule has 0 saturated carbocycles. The topological polar surface area (TPSA) is 115 Å². The molecule has 12 heteroatoms. The molecule has 5 rings (SSSR count). The monoisotopic (exact) mass is 546 g/mol. The number of nitrogens with zero attached hydrogens (tertiary/aromatic N) is 4. The van der Waals surface area contributed by atoms with E-state index in [4.69, 9.17) is 19.9 Å². The van der Waals surface area contributed by atoms with Gasteiger partial charge in [-0.3, -0.25) is 4.79 Å². The molecule has 2 unspecified atom stereocenters. The van der Waals surface area contributed by atoms with Crippen molar-refractivity contribution in [2.24, 2.45) is 0 Å². The Labute approximate surface area is 226 Å². The van der Waals surface area contributed by atoms with Crippen LogP contribution in [0.15, 0.2) is 36.4 Å². The standard InChI is InChI=1S/C26H31FN6O4.ClH/c1-35-20-13-18-23(22(27)24(20)36-2)30-26(31-25(18)28)33-10-9-32(15-19(33)16-6-4-3-5-7-16)21(34)12-17-14-29-8-11-37-17;/h3-7,13,17,19,29H,8-12,14-15H2,1-2H3,(H2,28,30,31);1H. The van der Waals surface area contributed by atoms with Crippen molar-refractivity contribution in [3.8, 4) is 11.5 Å². The van der Waals surface area contributed by atoms with Crippen molar-refractivity contribution < 1.29 is 23.4 Å². The van der Waals surface area contributed by atoms with Gasteiger partial charge in [-0.2, -0.15) is 4.98 Å². The van der Waals surface area contributed by atoms with Gasteiger partial charge in [0.15, 0.2) is 17.3 Å². The first-order valence-electron chi connectivity index (χ1n) is 12.3. The quantitative estimate of drug-likeness (QED) is 0.481. The number of morpholine rings is 1. The van der Waals surface area contributed by atoms with E-state index in [-0.39, 0.29) is 59.2 Å². The second-order valence-corrected chi connectivity index (χ2v) is 9.09. The van der Waals surface area contributed by atoms with Gasteiger partial charge >= 0.3 is 0 Å². The first kappa shape index (κ1) is 27.6. The summed E-state index contributed by atoms with van der Waals surface area (Å²) in [5.41, 5.74) is 7.33. The van der Waals surface area contributed by atoms with E-state index in [2.05, 4.69) is 15.3 Å². The van der Waals surface area contributed by atoms with Crippen LogP contribution in [0.25, 0.3) is 10.9 Å². The summed E-state index contributed by atoms with van der Waals surface area (Å²) in [6.45, 7) is 3.42. The van der Waals surface area contributed by atoms with Gasteiger partial charge in [0.2, 0.25) is 11.9 Å². The molecule has 2 fully saturated rings. The van der Waals surface area contributed by atoms with Crippen LogP contribution in [0.1, 0.15) is 18.0 Å². The van der Waals surface area contributed by atoms with Crippen LogP contribution in [0, 0.1) is 5.82 Å². The van der Waals surface area contributed by atoms with E-state index in [1.165, 1.54) is 14.2 Å². The second-order valence-electron chi connectivity index (χ2n) is 9.09. The highest BCUT2D eigenvalue weighted by atomic mass is 35.5. The molecular weight excluding hydrogens is 515 g/mol. The predicted octanol–water partition coefficient (Wildman–Crippen LogP) is 2.56. The predicted molar refractivity (Wildman–Crippen MR) is 145 cm³/mol. The van der Waals surface area contributed by atoms with Crippen LogP contribution in [0.3, 0.4) is 0 Å². The highest BCUT2D eigenvalue weighted by molar-refractivity contribution is 5.92. The number of carbonyl (C=O) groups excluding carboxylic acids is 1. The van der Waals surface area contributed by atoms with Crippen LogP contribution >= 0.6 is 12.4 Å². The number of fused-ring (bicyclic) bond motifs is 1. The molecule has 0 spiro atoms. The zero-order chi connectivity index (χ0) is 25.9. The Morgan fingerprint density at radius 2 is 2.00 bits per heavy atom. The Hall–Kier alpha value is -3.41. The molecule has 204 valence electrons. The van der Waals surface area contributed by atoms with E-state index >= 15 is 4.39 Å². The zero-order valence-corrected chi connectivity index (χ0v) is 22.2. The van der Waals surface area contributed by atoms with E-state index in [0.29, 0.717) is 44.6 Å². The number of hydrogen-bond donors (Lipinski definition) is 2. The summed E-state index contributed by atoms with van der Waals surface area (Å²) in [7, 11) is 2.80. The number of carbonyl (C=O) groups is 1. The summed E-state index contributed by atoms with van der Waals surface area (Å²) in [4.78, 5) is 26.1. The summed E-state index contributed by atoms with van der Waals surface area (Å²) in [5.74, 6) is -0.0473. The smallest absolute Gasteiger partial charge is 0.228 e. The Kier molecular flexibility index (Phi) is 8.70. The average molecular weight is 547 g/mol. The number of amides is 1. The Morgan fingerprint density at radius 3 is 2.68 bits per heavy atom. The molecule has 0 aliphatic carbocycles. The molecule has 3 aromatic rings. The molecule has 2 aliphatic rings. The fourth-order valence-electron chi connectivity index (χ4n) is 4.95. The van der Waals surface area contributed by atoms with Crippen molar-refractivity contribution in [1.29, 1.82) is 0 Å². The van der Waals surface area contributed by atoms with Crippen molar-refractivity contribution >= 4 is 41.0 Å². The van der Waals surface area contributed by atoms with Gasteiger partial charge in [-0.05, 0) is 11.6 Å². The largest absolute Gasteiger partial charge is 0.493 e. The van der Waals surface area contributed by atoms with Crippen LogP contribution in [-0.2, 0) is 9.53 Å². The minimum Gasteiger partial charge on any atom is -0.493 e. The molecule has 10 nitrogen and oxygen atoms in total. The van der Waals surface area contributed by atoms with Crippen molar-refractivity contribution in [2.45, 2.75) is 18.6 Å². The third kappa shape index (κ3) is 5.40. The van der Waals surface area contributed by atoms with Crippen LogP contribution < -0.4 is 25.4 Å². The maximum absolute atomic E-state index is 15.4. The SMILES string of the molecule is COc1cc2c(N)nc(N3CCN(C(=O)CC4CNCCO4)CC3c3ccccc3)nc2c(F)c1OC.Cl. The molecular formula is C26H32ClFN6O4. The summed E-state index contributed by atoms with van der Waals surface area (Å²) in [6, 6.07) is 11.2. The van der Waals surface area contributed by atoms with Crippen LogP contribution in [0.4, 0.5) is 16.2 Å².